The van der Waals surface area contributed by atoms with Gasteiger partial charge in [-0.1, -0.05) is 0 Å². The number of nitrogens with zero attached hydrogens (tertiary/aromatic N) is 4. The van der Waals surface area contributed by atoms with Gasteiger partial charge in [0.05, 0.1) is 30.4 Å². The Morgan fingerprint density at radius 2 is 1.74 bits per heavy atom. The van der Waals surface area contributed by atoms with Crippen LogP contribution in [-0.4, -0.2) is 52.2 Å². The van der Waals surface area contributed by atoms with Gasteiger partial charge >= 0.3 is 0 Å². The summed E-state index contributed by atoms with van der Waals surface area (Å²) in [6.07, 6.45) is 8.99. The lowest BCUT2D eigenvalue weighted by atomic mass is 9.89. The first kappa shape index (κ1) is 16.9. The van der Waals surface area contributed by atoms with Crippen LogP contribution in [0, 0.1) is 11.3 Å². The second-order valence-corrected chi connectivity index (χ2v) is 8.09. The Kier molecular flexibility index (Phi) is 4.42. The van der Waals surface area contributed by atoms with Gasteiger partial charge in [0, 0.05) is 29.6 Å². The van der Waals surface area contributed by atoms with Crippen molar-refractivity contribution in [2.24, 2.45) is 0 Å². The van der Waals surface area contributed by atoms with Gasteiger partial charge in [0.25, 0.3) is 0 Å². The van der Waals surface area contributed by atoms with Crippen molar-refractivity contribution >= 4 is 16.7 Å². The van der Waals surface area contributed by atoms with Crippen molar-refractivity contribution < 1.29 is 4.74 Å². The number of nitrogens with one attached hydrogen (secondary N) is 1. The van der Waals surface area contributed by atoms with Crippen molar-refractivity contribution in [3.05, 3.63) is 30.1 Å². The highest BCUT2D eigenvalue weighted by Crippen LogP contribution is 2.36. The lowest BCUT2D eigenvalue weighted by Crippen LogP contribution is -2.52. The van der Waals surface area contributed by atoms with Crippen molar-refractivity contribution in [2.75, 3.05) is 18.5 Å². The third kappa shape index (κ3) is 3.15. The Balaban J connectivity index is 1.27. The Labute approximate surface area is 159 Å². The highest BCUT2D eigenvalue weighted by atomic mass is 16.5. The highest BCUT2D eigenvalue weighted by molar-refractivity contribution is 5.89. The number of ether oxygens (including phenoxy) is 1. The zero-order chi connectivity index (χ0) is 18.2. The van der Waals surface area contributed by atoms with Crippen LogP contribution in [0.2, 0.25) is 0 Å². The highest BCUT2D eigenvalue weighted by Gasteiger charge is 2.42. The molecule has 2 aromatic rings. The number of hydrogen-bond donors (Lipinski definition) is 1. The number of anilines is 1. The summed E-state index contributed by atoms with van der Waals surface area (Å²) in [4.78, 5) is 11.6. The molecule has 1 N–H and O–H groups in total. The Hall–Kier alpha value is -2.23. The van der Waals surface area contributed by atoms with E-state index in [2.05, 4.69) is 26.3 Å². The smallest absolute Gasteiger partial charge is 0.137 e. The normalized spacial score (nSPS) is 30.9. The molecular weight excluding hydrogens is 338 g/mol. The summed E-state index contributed by atoms with van der Waals surface area (Å²) >= 11 is 0. The fraction of sp³-hybridized carbons (Fsp3) is 0.571. The van der Waals surface area contributed by atoms with Gasteiger partial charge in [0.15, 0.2) is 0 Å². The molecule has 3 aliphatic rings. The van der Waals surface area contributed by atoms with E-state index in [4.69, 9.17) is 4.74 Å². The zero-order valence-electron chi connectivity index (χ0n) is 15.5. The summed E-state index contributed by atoms with van der Waals surface area (Å²) in [7, 11) is 0. The van der Waals surface area contributed by atoms with E-state index in [0.29, 0.717) is 29.7 Å². The van der Waals surface area contributed by atoms with E-state index in [9.17, 15) is 5.26 Å². The molecule has 27 heavy (non-hydrogen) atoms. The van der Waals surface area contributed by atoms with Crippen LogP contribution in [-0.2, 0) is 4.74 Å². The largest absolute Gasteiger partial charge is 0.378 e. The second kappa shape index (κ2) is 7.06. The number of rotatable bonds is 3. The summed E-state index contributed by atoms with van der Waals surface area (Å²) in [6.45, 7) is 1.84. The van der Waals surface area contributed by atoms with E-state index < -0.39 is 0 Å². The maximum atomic E-state index is 9.19. The lowest BCUT2D eigenvalue weighted by molar-refractivity contribution is -0.0437. The predicted molar refractivity (Wildman–Crippen MR) is 103 cm³/mol. The van der Waals surface area contributed by atoms with Crippen LogP contribution < -0.4 is 5.32 Å². The molecule has 2 bridgehead atoms. The van der Waals surface area contributed by atoms with Crippen molar-refractivity contribution in [3.63, 3.8) is 0 Å². The van der Waals surface area contributed by atoms with Crippen molar-refractivity contribution in [3.8, 4) is 6.07 Å². The van der Waals surface area contributed by atoms with Crippen LogP contribution in [0.25, 0.3) is 10.9 Å². The van der Waals surface area contributed by atoms with Crippen LogP contribution in [0.15, 0.2) is 24.5 Å². The third-order valence-electron chi connectivity index (χ3n) is 6.52. The van der Waals surface area contributed by atoms with E-state index in [1.165, 1.54) is 25.7 Å². The van der Waals surface area contributed by atoms with E-state index in [-0.39, 0.29) is 0 Å². The summed E-state index contributed by atoms with van der Waals surface area (Å²) in [5.74, 6) is 0.854. The SMILES string of the molecule is N#Cc1ccc2ncnc(NC3CCC(N4C5CCC4COC5)CC3)c2c1. The van der Waals surface area contributed by atoms with Gasteiger partial charge in [0.1, 0.15) is 12.1 Å². The molecule has 2 aliphatic heterocycles. The first-order valence-corrected chi connectivity index (χ1v) is 10.1. The molecule has 1 saturated carbocycles. The molecule has 0 spiro atoms. The summed E-state index contributed by atoms with van der Waals surface area (Å²) in [5, 5.41) is 13.8. The van der Waals surface area contributed by atoms with Crippen LogP contribution in [0.3, 0.4) is 0 Å². The van der Waals surface area contributed by atoms with E-state index in [1.807, 2.05) is 12.1 Å². The average molecular weight is 363 g/mol. The Morgan fingerprint density at radius 1 is 1.00 bits per heavy atom. The number of aromatic nitrogens is 2. The molecule has 1 aliphatic carbocycles. The Morgan fingerprint density at radius 3 is 2.48 bits per heavy atom. The minimum atomic E-state index is 0.434. The van der Waals surface area contributed by atoms with Gasteiger partial charge in [-0.25, -0.2) is 9.97 Å². The number of hydrogen-bond acceptors (Lipinski definition) is 6. The van der Waals surface area contributed by atoms with Gasteiger partial charge in [-0.05, 0) is 56.7 Å². The van der Waals surface area contributed by atoms with Crippen molar-refractivity contribution in [1.82, 2.24) is 14.9 Å². The summed E-state index contributed by atoms with van der Waals surface area (Å²) < 4.78 is 5.75. The molecule has 6 heteroatoms. The van der Waals surface area contributed by atoms with E-state index >= 15 is 0 Å². The van der Waals surface area contributed by atoms with Gasteiger partial charge in [-0.2, -0.15) is 5.26 Å². The first-order valence-electron chi connectivity index (χ1n) is 10.1. The maximum Gasteiger partial charge on any atom is 0.137 e. The minimum Gasteiger partial charge on any atom is -0.378 e. The van der Waals surface area contributed by atoms with Gasteiger partial charge in [-0.3, -0.25) is 4.90 Å². The number of morpholine rings is 1. The number of nitriles is 1. The molecule has 2 atom stereocenters. The number of fused-ring (bicyclic) bond motifs is 3. The molecule has 2 saturated heterocycles. The van der Waals surface area contributed by atoms with Gasteiger partial charge < -0.3 is 10.1 Å². The Bertz CT molecular complexity index is 854. The minimum absolute atomic E-state index is 0.434. The van der Waals surface area contributed by atoms with Crippen LogP contribution in [0.5, 0.6) is 0 Å². The molecule has 3 heterocycles. The standard InChI is InChI=1S/C21H25N5O/c22-10-14-1-8-20-19(9-14)21(24-13-23-20)25-15-2-4-16(5-3-15)26-17-6-7-18(26)12-27-11-17/h1,8-9,13,15-18H,2-7,11-12H2,(H,23,24,25). The molecule has 0 radical (unpaired) electrons. The quantitative estimate of drug-likeness (QED) is 0.903. The molecule has 3 fully saturated rings. The lowest BCUT2D eigenvalue weighted by Gasteiger charge is -2.43. The fourth-order valence-corrected chi connectivity index (χ4v) is 5.21. The van der Waals surface area contributed by atoms with Gasteiger partial charge in [0.2, 0.25) is 0 Å². The van der Waals surface area contributed by atoms with Gasteiger partial charge in [-0.15, -0.1) is 0 Å². The second-order valence-electron chi connectivity index (χ2n) is 8.09. The van der Waals surface area contributed by atoms with Crippen molar-refractivity contribution in [1.29, 1.82) is 5.26 Å². The molecule has 5 rings (SSSR count). The number of benzene rings is 1. The molecule has 6 nitrogen and oxygen atoms in total. The first-order chi connectivity index (χ1) is 13.3. The average Bonchev–Trinajstić information content (AvgIpc) is 2.96. The zero-order valence-corrected chi connectivity index (χ0v) is 15.5. The van der Waals surface area contributed by atoms with Crippen molar-refractivity contribution in [2.45, 2.75) is 62.7 Å². The van der Waals surface area contributed by atoms with Crippen LogP contribution in [0.1, 0.15) is 44.1 Å². The van der Waals surface area contributed by atoms with Crippen LogP contribution in [0.4, 0.5) is 5.82 Å². The topological polar surface area (TPSA) is 74.1 Å². The van der Waals surface area contributed by atoms with E-state index in [1.54, 1.807) is 12.4 Å². The molecule has 0 amide bonds. The maximum absolute atomic E-state index is 9.19. The fourth-order valence-electron chi connectivity index (χ4n) is 5.21. The monoisotopic (exact) mass is 363 g/mol. The van der Waals surface area contributed by atoms with E-state index in [0.717, 1.165) is 42.8 Å². The molecule has 1 aromatic carbocycles. The molecule has 2 unspecified atom stereocenters. The molecule has 140 valence electrons. The molecular formula is C21H25N5O. The molecule has 1 aromatic heterocycles. The summed E-state index contributed by atoms with van der Waals surface area (Å²) in [6, 6.07) is 10.2. The predicted octanol–water partition coefficient (Wildman–Crippen LogP) is 3.09. The van der Waals surface area contributed by atoms with Crippen LogP contribution >= 0.6 is 0 Å². The third-order valence-corrected chi connectivity index (χ3v) is 6.52. The summed E-state index contributed by atoms with van der Waals surface area (Å²) in [5.41, 5.74) is 1.52.